The Balaban J connectivity index is 0.00000196. The van der Waals surface area contributed by atoms with Crippen LogP contribution in [0.25, 0.3) is 0 Å². The van der Waals surface area contributed by atoms with Crippen molar-refractivity contribution in [3.05, 3.63) is 48.0 Å². The number of allylic oxidation sites excluding steroid dienone is 1. The van der Waals surface area contributed by atoms with E-state index >= 15 is 0 Å². The third-order valence-electron chi connectivity index (χ3n) is 1.95. The molecule has 0 aliphatic heterocycles. The van der Waals surface area contributed by atoms with E-state index in [4.69, 9.17) is 0 Å². The molecule has 15 heavy (non-hydrogen) atoms. The van der Waals surface area contributed by atoms with Crippen molar-refractivity contribution in [3.8, 4) is 0 Å². The number of benzene rings is 1. The third kappa shape index (κ3) is 3.86. The summed E-state index contributed by atoms with van der Waals surface area (Å²) in [7, 11) is 3.96. The number of hydrogen-bond donors (Lipinski definition) is 0. The van der Waals surface area contributed by atoms with Crippen molar-refractivity contribution in [2.45, 2.75) is 6.54 Å². The summed E-state index contributed by atoms with van der Waals surface area (Å²) in [5, 5.41) is 0. The topological polar surface area (TPSA) is 20.3 Å². The molecule has 0 saturated carbocycles. The van der Waals surface area contributed by atoms with Crippen LogP contribution in [0.5, 0.6) is 0 Å². The fourth-order valence-corrected chi connectivity index (χ4v) is 1.35. The van der Waals surface area contributed by atoms with E-state index in [1.54, 1.807) is 0 Å². The standard InChI is InChI=1S/C12H15NO.ClH/c1-4-12(14)11-8-6-5-7-10(11)9-13(2)3;/h4-8H,1,9H2,2-3H3;1H. The molecule has 0 atom stereocenters. The van der Waals surface area contributed by atoms with Gasteiger partial charge in [-0.15, -0.1) is 12.4 Å². The van der Waals surface area contributed by atoms with Gasteiger partial charge in [-0.2, -0.15) is 0 Å². The zero-order chi connectivity index (χ0) is 10.6. The molecule has 0 aliphatic carbocycles. The second-order valence-electron chi connectivity index (χ2n) is 3.46. The van der Waals surface area contributed by atoms with E-state index in [1.807, 2.05) is 43.3 Å². The van der Waals surface area contributed by atoms with E-state index in [0.717, 1.165) is 17.7 Å². The summed E-state index contributed by atoms with van der Waals surface area (Å²) in [4.78, 5) is 13.5. The van der Waals surface area contributed by atoms with Gasteiger partial charge in [0.2, 0.25) is 0 Å². The lowest BCUT2D eigenvalue weighted by atomic mass is 10.0. The van der Waals surface area contributed by atoms with E-state index in [1.165, 1.54) is 6.08 Å². The Morgan fingerprint density at radius 2 is 2.00 bits per heavy atom. The maximum Gasteiger partial charge on any atom is 0.185 e. The van der Waals surface area contributed by atoms with Crippen LogP contribution >= 0.6 is 12.4 Å². The van der Waals surface area contributed by atoms with E-state index in [9.17, 15) is 4.79 Å². The van der Waals surface area contributed by atoms with Crippen LogP contribution < -0.4 is 0 Å². The lowest BCUT2D eigenvalue weighted by Crippen LogP contribution is -2.13. The van der Waals surface area contributed by atoms with Crippen LogP contribution in [0.15, 0.2) is 36.9 Å². The van der Waals surface area contributed by atoms with Gasteiger partial charge in [-0.3, -0.25) is 4.79 Å². The van der Waals surface area contributed by atoms with Gasteiger partial charge in [0, 0.05) is 12.1 Å². The first-order chi connectivity index (χ1) is 6.65. The van der Waals surface area contributed by atoms with Gasteiger partial charge in [0.15, 0.2) is 5.78 Å². The summed E-state index contributed by atoms with van der Waals surface area (Å²) in [5.41, 5.74) is 1.79. The first-order valence-electron chi connectivity index (χ1n) is 4.54. The van der Waals surface area contributed by atoms with E-state index in [0.29, 0.717) is 0 Å². The summed E-state index contributed by atoms with van der Waals surface area (Å²) in [5.74, 6) is -0.0116. The van der Waals surface area contributed by atoms with Crippen molar-refractivity contribution in [3.63, 3.8) is 0 Å². The Morgan fingerprint density at radius 3 is 2.53 bits per heavy atom. The van der Waals surface area contributed by atoms with E-state index in [-0.39, 0.29) is 18.2 Å². The van der Waals surface area contributed by atoms with Crippen molar-refractivity contribution in [2.75, 3.05) is 14.1 Å². The van der Waals surface area contributed by atoms with Gasteiger partial charge in [-0.05, 0) is 25.7 Å². The van der Waals surface area contributed by atoms with Gasteiger partial charge in [0.05, 0.1) is 0 Å². The fourth-order valence-electron chi connectivity index (χ4n) is 1.35. The Morgan fingerprint density at radius 1 is 1.40 bits per heavy atom. The largest absolute Gasteiger partial charge is 0.305 e. The molecule has 1 aromatic rings. The molecule has 1 rings (SSSR count). The average Bonchev–Trinajstić information content (AvgIpc) is 2.16. The predicted molar refractivity (Wildman–Crippen MR) is 65.6 cm³/mol. The molecule has 0 amide bonds. The molecule has 0 unspecified atom stereocenters. The van der Waals surface area contributed by atoms with Gasteiger partial charge >= 0.3 is 0 Å². The second kappa shape index (κ2) is 6.38. The quantitative estimate of drug-likeness (QED) is 0.580. The Labute approximate surface area is 97.0 Å². The third-order valence-corrected chi connectivity index (χ3v) is 1.95. The minimum atomic E-state index is -0.0116. The van der Waals surface area contributed by atoms with Crippen LogP contribution in [0.1, 0.15) is 15.9 Å². The van der Waals surface area contributed by atoms with Gasteiger partial charge in [0.1, 0.15) is 0 Å². The summed E-state index contributed by atoms with van der Waals surface area (Å²) in [6.45, 7) is 4.27. The zero-order valence-corrected chi connectivity index (χ0v) is 9.88. The molecule has 82 valence electrons. The summed E-state index contributed by atoms with van der Waals surface area (Å²) in [6.07, 6.45) is 1.36. The highest BCUT2D eigenvalue weighted by molar-refractivity contribution is 6.05. The molecule has 0 radical (unpaired) electrons. The number of nitrogens with zero attached hydrogens (tertiary/aromatic N) is 1. The number of carbonyl (C=O) groups excluding carboxylic acids is 1. The number of hydrogen-bond acceptors (Lipinski definition) is 2. The van der Waals surface area contributed by atoms with Crippen LogP contribution in [0.3, 0.4) is 0 Å². The minimum absolute atomic E-state index is 0. The van der Waals surface area contributed by atoms with Crippen LogP contribution in [-0.2, 0) is 6.54 Å². The molecule has 0 fully saturated rings. The van der Waals surface area contributed by atoms with Gasteiger partial charge in [-0.1, -0.05) is 30.8 Å². The van der Waals surface area contributed by atoms with Crippen molar-refractivity contribution in [2.24, 2.45) is 0 Å². The number of carbonyl (C=O) groups is 1. The highest BCUT2D eigenvalue weighted by atomic mass is 35.5. The monoisotopic (exact) mass is 225 g/mol. The van der Waals surface area contributed by atoms with Crippen molar-refractivity contribution >= 4 is 18.2 Å². The zero-order valence-electron chi connectivity index (χ0n) is 9.06. The molecule has 0 saturated heterocycles. The molecule has 0 aliphatic rings. The van der Waals surface area contributed by atoms with Gasteiger partial charge in [0.25, 0.3) is 0 Å². The van der Waals surface area contributed by atoms with Crippen LogP contribution in [-0.4, -0.2) is 24.8 Å². The fraction of sp³-hybridized carbons (Fsp3) is 0.250. The Hall–Kier alpha value is -1.12. The highest BCUT2D eigenvalue weighted by Crippen LogP contribution is 2.11. The molecule has 0 N–H and O–H groups in total. The molecule has 0 aromatic heterocycles. The number of ketones is 1. The lowest BCUT2D eigenvalue weighted by molar-refractivity contribution is 0.104. The first kappa shape index (κ1) is 13.9. The average molecular weight is 226 g/mol. The van der Waals surface area contributed by atoms with Crippen molar-refractivity contribution in [1.82, 2.24) is 4.90 Å². The predicted octanol–water partition coefficient (Wildman–Crippen LogP) is 2.54. The van der Waals surface area contributed by atoms with Gasteiger partial charge < -0.3 is 4.90 Å². The van der Waals surface area contributed by atoms with Crippen LogP contribution in [0.4, 0.5) is 0 Å². The van der Waals surface area contributed by atoms with Crippen LogP contribution in [0.2, 0.25) is 0 Å². The summed E-state index contributed by atoms with van der Waals surface area (Å²) < 4.78 is 0. The van der Waals surface area contributed by atoms with E-state index in [2.05, 4.69) is 6.58 Å². The SMILES string of the molecule is C=CC(=O)c1ccccc1CN(C)C.Cl. The van der Waals surface area contributed by atoms with Crippen molar-refractivity contribution < 1.29 is 4.79 Å². The molecule has 0 bridgehead atoms. The minimum Gasteiger partial charge on any atom is -0.305 e. The summed E-state index contributed by atoms with van der Waals surface area (Å²) >= 11 is 0. The maximum atomic E-state index is 11.5. The molecule has 1 aromatic carbocycles. The first-order valence-corrected chi connectivity index (χ1v) is 4.54. The molecular formula is C12H16ClNO. The molecular weight excluding hydrogens is 210 g/mol. The maximum absolute atomic E-state index is 11.5. The highest BCUT2D eigenvalue weighted by Gasteiger charge is 2.07. The van der Waals surface area contributed by atoms with Gasteiger partial charge in [-0.25, -0.2) is 0 Å². The molecule has 2 nitrogen and oxygen atoms in total. The molecule has 0 spiro atoms. The molecule has 3 heteroatoms. The van der Waals surface area contributed by atoms with Crippen molar-refractivity contribution in [1.29, 1.82) is 0 Å². The number of halogens is 1. The number of rotatable bonds is 4. The van der Waals surface area contributed by atoms with E-state index < -0.39 is 0 Å². The molecule has 0 heterocycles. The second-order valence-corrected chi connectivity index (χ2v) is 3.46. The Bertz CT molecular complexity index is 347. The van der Waals surface area contributed by atoms with Crippen LogP contribution in [0, 0.1) is 0 Å². The lowest BCUT2D eigenvalue weighted by Gasteiger charge is -2.12. The normalized spacial score (nSPS) is 9.53. The Kier molecular flexibility index (Phi) is 5.90. The smallest absolute Gasteiger partial charge is 0.185 e. The summed E-state index contributed by atoms with van der Waals surface area (Å²) in [6, 6.07) is 7.62.